The maximum Gasteiger partial charge on any atom is 0.260 e. The average Bonchev–Trinajstić information content (AvgIpc) is 2.65. The van der Waals surface area contributed by atoms with E-state index in [9.17, 15) is 9.59 Å². The van der Waals surface area contributed by atoms with Crippen LogP contribution in [-0.4, -0.2) is 37.4 Å². The fourth-order valence-electron chi connectivity index (χ4n) is 2.37. The topological polar surface area (TPSA) is 55.8 Å². The van der Waals surface area contributed by atoms with Crippen LogP contribution in [0.1, 0.15) is 35.8 Å². The zero-order valence-electron chi connectivity index (χ0n) is 15.0. The van der Waals surface area contributed by atoms with Gasteiger partial charge >= 0.3 is 0 Å². The highest BCUT2D eigenvalue weighted by atomic mass is 16.5. The molecular formula is C20H23NO4. The van der Waals surface area contributed by atoms with Crippen molar-refractivity contribution < 1.29 is 19.1 Å². The Kier molecular flexibility index (Phi) is 6.17. The molecule has 0 fully saturated rings. The Balaban J connectivity index is 1.97. The lowest BCUT2D eigenvalue weighted by atomic mass is 10.1. The molecule has 0 aliphatic carbocycles. The smallest absolute Gasteiger partial charge is 0.260 e. The summed E-state index contributed by atoms with van der Waals surface area (Å²) in [5, 5.41) is 0. The summed E-state index contributed by atoms with van der Waals surface area (Å²) in [4.78, 5) is 25.4. The molecule has 0 saturated carbocycles. The Labute approximate surface area is 148 Å². The quantitative estimate of drug-likeness (QED) is 0.723. The first-order chi connectivity index (χ1) is 11.9. The number of rotatable bonds is 7. The summed E-state index contributed by atoms with van der Waals surface area (Å²) in [6, 6.07) is 14.3. The van der Waals surface area contributed by atoms with E-state index in [1.807, 2.05) is 31.2 Å². The molecule has 0 N–H and O–H groups in total. The van der Waals surface area contributed by atoms with E-state index in [1.54, 1.807) is 43.3 Å². The summed E-state index contributed by atoms with van der Waals surface area (Å²) >= 11 is 0. The standard InChI is InChI=1S/C20H23NO4/c1-14(16-8-10-18(24-4)11-9-16)21(3)20(23)13-25-19-7-5-6-17(12-19)15(2)22/h5-12,14H,13H2,1-4H3. The van der Waals surface area contributed by atoms with Gasteiger partial charge in [0.25, 0.3) is 5.91 Å². The van der Waals surface area contributed by atoms with Crippen LogP contribution in [0.4, 0.5) is 0 Å². The van der Waals surface area contributed by atoms with Gasteiger partial charge in [0.05, 0.1) is 13.2 Å². The maximum absolute atomic E-state index is 12.4. The van der Waals surface area contributed by atoms with Crippen molar-refractivity contribution in [3.63, 3.8) is 0 Å². The molecule has 5 nitrogen and oxygen atoms in total. The molecule has 5 heteroatoms. The molecular weight excluding hydrogens is 318 g/mol. The number of carbonyl (C=O) groups is 2. The summed E-state index contributed by atoms with van der Waals surface area (Å²) in [5.74, 6) is 1.10. The van der Waals surface area contributed by atoms with E-state index in [0.717, 1.165) is 11.3 Å². The Morgan fingerprint density at radius 1 is 1.08 bits per heavy atom. The van der Waals surface area contributed by atoms with Crippen LogP contribution in [-0.2, 0) is 4.79 Å². The molecule has 2 rings (SSSR count). The number of amides is 1. The van der Waals surface area contributed by atoms with Crippen LogP contribution < -0.4 is 9.47 Å². The third-order valence-corrected chi connectivity index (χ3v) is 4.18. The van der Waals surface area contributed by atoms with E-state index in [0.29, 0.717) is 11.3 Å². The maximum atomic E-state index is 12.4. The molecule has 0 heterocycles. The highest BCUT2D eigenvalue weighted by Gasteiger charge is 2.18. The average molecular weight is 341 g/mol. The van der Waals surface area contributed by atoms with Crippen LogP contribution in [0.5, 0.6) is 11.5 Å². The number of hydrogen-bond acceptors (Lipinski definition) is 4. The van der Waals surface area contributed by atoms with Gasteiger partial charge in [-0.1, -0.05) is 24.3 Å². The molecule has 1 atom stereocenters. The van der Waals surface area contributed by atoms with Gasteiger partial charge in [0.1, 0.15) is 11.5 Å². The minimum absolute atomic E-state index is 0.0398. The second-order valence-electron chi connectivity index (χ2n) is 5.83. The van der Waals surface area contributed by atoms with Gasteiger partial charge in [-0.3, -0.25) is 9.59 Å². The second kappa shape index (κ2) is 8.33. The first-order valence-corrected chi connectivity index (χ1v) is 8.05. The van der Waals surface area contributed by atoms with Gasteiger partial charge in [-0.2, -0.15) is 0 Å². The molecule has 0 spiro atoms. The summed E-state index contributed by atoms with van der Waals surface area (Å²) in [6.07, 6.45) is 0. The third kappa shape index (κ3) is 4.83. The van der Waals surface area contributed by atoms with E-state index >= 15 is 0 Å². The number of carbonyl (C=O) groups excluding carboxylic acids is 2. The fraction of sp³-hybridized carbons (Fsp3) is 0.300. The number of methoxy groups -OCH3 is 1. The van der Waals surface area contributed by atoms with Crippen molar-refractivity contribution in [3.05, 3.63) is 59.7 Å². The van der Waals surface area contributed by atoms with Crippen molar-refractivity contribution in [1.82, 2.24) is 4.90 Å². The van der Waals surface area contributed by atoms with Crippen LogP contribution >= 0.6 is 0 Å². The molecule has 1 amide bonds. The Morgan fingerprint density at radius 2 is 1.76 bits per heavy atom. The molecule has 0 radical (unpaired) electrons. The van der Waals surface area contributed by atoms with Crippen molar-refractivity contribution in [3.8, 4) is 11.5 Å². The van der Waals surface area contributed by atoms with Gasteiger partial charge in [-0.05, 0) is 43.7 Å². The number of Topliss-reactive ketones (excluding diaryl/α,β-unsaturated/α-hetero) is 1. The monoisotopic (exact) mass is 341 g/mol. The van der Waals surface area contributed by atoms with E-state index in [4.69, 9.17) is 9.47 Å². The summed E-state index contributed by atoms with van der Waals surface area (Å²) < 4.78 is 10.7. The number of nitrogens with zero attached hydrogens (tertiary/aromatic N) is 1. The summed E-state index contributed by atoms with van der Waals surface area (Å²) in [6.45, 7) is 3.36. The van der Waals surface area contributed by atoms with Crippen LogP contribution in [0.2, 0.25) is 0 Å². The Hall–Kier alpha value is -2.82. The lowest BCUT2D eigenvalue weighted by Crippen LogP contribution is -2.33. The molecule has 132 valence electrons. The number of likely N-dealkylation sites (N-methyl/N-ethyl adjacent to an activating group) is 1. The van der Waals surface area contributed by atoms with Crippen LogP contribution in [0.3, 0.4) is 0 Å². The highest BCUT2D eigenvalue weighted by molar-refractivity contribution is 5.94. The van der Waals surface area contributed by atoms with E-state index < -0.39 is 0 Å². The lowest BCUT2D eigenvalue weighted by molar-refractivity contribution is -0.134. The molecule has 25 heavy (non-hydrogen) atoms. The summed E-state index contributed by atoms with van der Waals surface area (Å²) in [7, 11) is 3.36. The van der Waals surface area contributed by atoms with Gasteiger partial charge in [0, 0.05) is 12.6 Å². The molecule has 1 unspecified atom stereocenters. The fourth-order valence-corrected chi connectivity index (χ4v) is 2.37. The second-order valence-corrected chi connectivity index (χ2v) is 5.83. The van der Waals surface area contributed by atoms with Crippen molar-refractivity contribution in [1.29, 1.82) is 0 Å². The highest BCUT2D eigenvalue weighted by Crippen LogP contribution is 2.22. The van der Waals surface area contributed by atoms with Gasteiger partial charge in [0.2, 0.25) is 0 Å². The number of ether oxygens (including phenoxy) is 2. The molecule has 0 aliphatic heterocycles. The van der Waals surface area contributed by atoms with Crippen LogP contribution in [0, 0.1) is 0 Å². The molecule has 0 aliphatic rings. The first kappa shape index (κ1) is 18.5. The number of hydrogen-bond donors (Lipinski definition) is 0. The zero-order chi connectivity index (χ0) is 18.4. The molecule has 2 aromatic rings. The van der Waals surface area contributed by atoms with Gasteiger partial charge in [-0.25, -0.2) is 0 Å². The van der Waals surface area contributed by atoms with Crippen molar-refractivity contribution in [2.24, 2.45) is 0 Å². The predicted octanol–water partition coefficient (Wildman–Crippen LogP) is 3.50. The Bertz CT molecular complexity index is 740. The third-order valence-electron chi connectivity index (χ3n) is 4.18. The Morgan fingerprint density at radius 3 is 2.36 bits per heavy atom. The van der Waals surface area contributed by atoms with Gasteiger partial charge in [-0.15, -0.1) is 0 Å². The molecule has 0 aromatic heterocycles. The minimum Gasteiger partial charge on any atom is -0.497 e. The zero-order valence-corrected chi connectivity index (χ0v) is 15.0. The molecule has 0 saturated heterocycles. The van der Waals surface area contributed by atoms with Gasteiger partial charge in [0.15, 0.2) is 12.4 Å². The van der Waals surface area contributed by atoms with E-state index in [1.165, 1.54) is 6.92 Å². The van der Waals surface area contributed by atoms with Crippen LogP contribution in [0.15, 0.2) is 48.5 Å². The summed E-state index contributed by atoms with van der Waals surface area (Å²) in [5.41, 5.74) is 1.57. The van der Waals surface area contributed by atoms with Crippen molar-refractivity contribution in [2.45, 2.75) is 19.9 Å². The minimum atomic E-state index is -0.142. The lowest BCUT2D eigenvalue weighted by Gasteiger charge is -2.25. The van der Waals surface area contributed by atoms with E-state index in [-0.39, 0.29) is 24.3 Å². The SMILES string of the molecule is COc1ccc(C(C)N(C)C(=O)COc2cccc(C(C)=O)c2)cc1. The van der Waals surface area contributed by atoms with Crippen LogP contribution in [0.25, 0.3) is 0 Å². The number of benzene rings is 2. The molecule has 0 bridgehead atoms. The molecule has 2 aromatic carbocycles. The van der Waals surface area contributed by atoms with Crippen molar-refractivity contribution >= 4 is 11.7 Å². The first-order valence-electron chi connectivity index (χ1n) is 8.05. The number of ketones is 1. The van der Waals surface area contributed by atoms with Gasteiger partial charge < -0.3 is 14.4 Å². The van der Waals surface area contributed by atoms with Crippen molar-refractivity contribution in [2.75, 3.05) is 20.8 Å². The largest absolute Gasteiger partial charge is 0.497 e. The van der Waals surface area contributed by atoms with E-state index in [2.05, 4.69) is 0 Å². The predicted molar refractivity (Wildman–Crippen MR) is 96.1 cm³/mol. The normalized spacial score (nSPS) is 11.5.